The number of amides is 1. The number of hydrogen-bond acceptors (Lipinski definition) is 1. The second-order valence-electron chi connectivity index (χ2n) is 4.33. The highest BCUT2D eigenvalue weighted by molar-refractivity contribution is 6.18. The molecule has 3 heteroatoms. The highest BCUT2D eigenvalue weighted by atomic mass is 35.5. The van der Waals surface area contributed by atoms with Gasteiger partial charge in [-0.05, 0) is 25.7 Å². The van der Waals surface area contributed by atoms with Crippen LogP contribution in [0, 0.1) is 11.3 Å². The Balaban J connectivity index is 2.34. The van der Waals surface area contributed by atoms with Gasteiger partial charge >= 0.3 is 0 Å². The molecule has 0 spiro atoms. The fraction of sp³-hybridized carbons (Fsp3) is 0.909. The summed E-state index contributed by atoms with van der Waals surface area (Å²) < 4.78 is 0. The normalized spacial score (nSPS) is 16.8. The highest BCUT2D eigenvalue weighted by Crippen LogP contribution is 2.30. The van der Waals surface area contributed by atoms with Gasteiger partial charge in [-0.3, -0.25) is 4.79 Å². The number of hydrogen-bond donors (Lipinski definition) is 1. The molecule has 0 aromatic heterocycles. The molecule has 1 rings (SSSR count). The van der Waals surface area contributed by atoms with Gasteiger partial charge in [-0.15, -0.1) is 11.6 Å². The average Bonchev–Trinajstić information content (AvgIpc) is 3.04. The fourth-order valence-electron chi connectivity index (χ4n) is 1.50. The van der Waals surface area contributed by atoms with Crippen molar-refractivity contribution in [2.75, 3.05) is 12.4 Å². The maximum absolute atomic E-state index is 11.4. The Labute approximate surface area is 91.4 Å². The molecule has 0 radical (unpaired) electrons. The lowest BCUT2D eigenvalue weighted by atomic mass is 9.84. The van der Waals surface area contributed by atoms with E-state index >= 15 is 0 Å². The molecule has 82 valence electrons. The summed E-state index contributed by atoms with van der Waals surface area (Å²) in [4.78, 5) is 11.4. The number of halogens is 1. The number of carbonyl (C=O) groups excluding carboxylic acids is 1. The largest absolute Gasteiger partial charge is 0.355 e. The minimum atomic E-state index is 0.103. The van der Waals surface area contributed by atoms with Gasteiger partial charge in [0.15, 0.2) is 0 Å². The monoisotopic (exact) mass is 217 g/mol. The molecule has 0 unspecified atom stereocenters. The van der Waals surface area contributed by atoms with Crippen LogP contribution in [-0.4, -0.2) is 18.3 Å². The van der Waals surface area contributed by atoms with Gasteiger partial charge in [0.05, 0.1) is 0 Å². The summed E-state index contributed by atoms with van der Waals surface area (Å²) in [5.74, 6) is 1.16. The van der Waals surface area contributed by atoms with E-state index in [1.807, 2.05) is 0 Å². The van der Waals surface area contributed by atoms with Crippen molar-refractivity contribution < 1.29 is 4.79 Å². The van der Waals surface area contributed by atoms with Crippen molar-refractivity contribution in [3.63, 3.8) is 0 Å². The van der Waals surface area contributed by atoms with Gasteiger partial charge in [0.1, 0.15) is 0 Å². The molecule has 0 aromatic carbocycles. The summed E-state index contributed by atoms with van der Waals surface area (Å²) in [5, 5.41) is 3.01. The Kier molecular flexibility index (Phi) is 4.24. The Bertz CT molecular complexity index is 189. The topological polar surface area (TPSA) is 29.1 Å². The number of nitrogens with one attached hydrogen (secondary N) is 1. The lowest BCUT2D eigenvalue weighted by Crippen LogP contribution is -2.38. The molecule has 14 heavy (non-hydrogen) atoms. The number of carbonyl (C=O) groups is 1. The number of alkyl halides is 1. The van der Waals surface area contributed by atoms with E-state index < -0.39 is 0 Å². The lowest BCUT2D eigenvalue weighted by molar-refractivity contribution is -0.122. The maximum Gasteiger partial charge on any atom is 0.223 e. The molecule has 2 nitrogen and oxygen atoms in total. The zero-order valence-corrected chi connectivity index (χ0v) is 9.86. The molecule has 1 fully saturated rings. The summed E-state index contributed by atoms with van der Waals surface area (Å²) in [5.41, 5.74) is 0.103. The number of rotatable bonds is 6. The Morgan fingerprint density at radius 3 is 2.36 bits per heavy atom. The first-order chi connectivity index (χ1) is 6.67. The SMILES string of the molecule is CCC(CC)(CCl)CNC(=O)C1CC1. The quantitative estimate of drug-likeness (QED) is 0.681. The third kappa shape index (κ3) is 2.88. The molecule has 0 bridgehead atoms. The first-order valence-corrected chi connectivity index (χ1v) is 6.04. The summed E-state index contributed by atoms with van der Waals surface area (Å²) in [6, 6.07) is 0. The van der Waals surface area contributed by atoms with Gasteiger partial charge in [-0.1, -0.05) is 13.8 Å². The lowest BCUT2D eigenvalue weighted by Gasteiger charge is -2.29. The van der Waals surface area contributed by atoms with E-state index in [0.717, 1.165) is 32.2 Å². The van der Waals surface area contributed by atoms with E-state index in [9.17, 15) is 4.79 Å². The van der Waals surface area contributed by atoms with Gasteiger partial charge in [-0.2, -0.15) is 0 Å². The molecule has 0 aliphatic heterocycles. The predicted octanol–water partition coefficient (Wildman–Crippen LogP) is 2.56. The minimum absolute atomic E-state index is 0.103. The van der Waals surface area contributed by atoms with E-state index in [1.165, 1.54) is 0 Å². The molecule has 1 amide bonds. The van der Waals surface area contributed by atoms with Crippen molar-refractivity contribution in [2.45, 2.75) is 39.5 Å². The van der Waals surface area contributed by atoms with Crippen molar-refractivity contribution in [3.05, 3.63) is 0 Å². The van der Waals surface area contributed by atoms with Gasteiger partial charge in [-0.25, -0.2) is 0 Å². The van der Waals surface area contributed by atoms with E-state index in [0.29, 0.717) is 11.8 Å². The van der Waals surface area contributed by atoms with Crippen molar-refractivity contribution in [1.82, 2.24) is 5.32 Å². The van der Waals surface area contributed by atoms with Gasteiger partial charge in [0.25, 0.3) is 0 Å². The first-order valence-electron chi connectivity index (χ1n) is 5.51. The Morgan fingerprint density at radius 1 is 1.43 bits per heavy atom. The van der Waals surface area contributed by atoms with Crippen LogP contribution in [0.4, 0.5) is 0 Å². The standard InChI is InChI=1S/C11H20ClNO/c1-3-11(4-2,7-12)8-13-10(14)9-5-6-9/h9H,3-8H2,1-2H3,(H,13,14). The third-order valence-electron chi connectivity index (χ3n) is 3.37. The van der Waals surface area contributed by atoms with Crippen LogP contribution in [0.25, 0.3) is 0 Å². The van der Waals surface area contributed by atoms with Crippen LogP contribution in [0.1, 0.15) is 39.5 Å². The minimum Gasteiger partial charge on any atom is -0.355 e. The Hall–Kier alpha value is -0.240. The van der Waals surface area contributed by atoms with E-state index in [1.54, 1.807) is 0 Å². The molecule has 0 heterocycles. The van der Waals surface area contributed by atoms with Gasteiger partial charge < -0.3 is 5.32 Å². The van der Waals surface area contributed by atoms with Crippen LogP contribution in [0.15, 0.2) is 0 Å². The second-order valence-corrected chi connectivity index (χ2v) is 4.60. The molecule has 1 aliphatic carbocycles. The Morgan fingerprint density at radius 2 is 2.00 bits per heavy atom. The molecule has 0 aromatic rings. The summed E-state index contributed by atoms with van der Waals surface area (Å²) in [6.45, 7) is 5.00. The smallest absolute Gasteiger partial charge is 0.223 e. The average molecular weight is 218 g/mol. The van der Waals surface area contributed by atoms with Crippen LogP contribution in [0.2, 0.25) is 0 Å². The molecule has 1 saturated carbocycles. The predicted molar refractivity (Wildman–Crippen MR) is 59.5 cm³/mol. The molecule has 1 aliphatic rings. The van der Waals surface area contributed by atoms with Crippen molar-refractivity contribution in [1.29, 1.82) is 0 Å². The summed E-state index contributed by atoms with van der Waals surface area (Å²) >= 11 is 5.95. The molecule has 1 N–H and O–H groups in total. The maximum atomic E-state index is 11.4. The van der Waals surface area contributed by atoms with Gasteiger partial charge in [0.2, 0.25) is 5.91 Å². The zero-order chi connectivity index (χ0) is 10.6. The molecular formula is C11H20ClNO. The summed E-state index contributed by atoms with van der Waals surface area (Å²) in [7, 11) is 0. The van der Waals surface area contributed by atoms with Crippen LogP contribution >= 0.6 is 11.6 Å². The van der Waals surface area contributed by atoms with Gasteiger partial charge in [0, 0.05) is 23.8 Å². The molecular weight excluding hydrogens is 198 g/mol. The second kappa shape index (κ2) is 5.01. The van der Waals surface area contributed by atoms with Crippen molar-refractivity contribution in [2.24, 2.45) is 11.3 Å². The van der Waals surface area contributed by atoms with E-state index in [2.05, 4.69) is 19.2 Å². The van der Waals surface area contributed by atoms with Crippen molar-refractivity contribution >= 4 is 17.5 Å². The van der Waals surface area contributed by atoms with Crippen LogP contribution in [0.5, 0.6) is 0 Å². The van der Waals surface area contributed by atoms with E-state index in [-0.39, 0.29) is 11.3 Å². The first kappa shape index (κ1) is 11.8. The third-order valence-corrected chi connectivity index (χ3v) is 3.94. The van der Waals surface area contributed by atoms with Crippen LogP contribution in [0.3, 0.4) is 0 Å². The molecule has 0 atom stereocenters. The fourth-order valence-corrected chi connectivity index (χ4v) is 1.97. The highest BCUT2D eigenvalue weighted by Gasteiger charge is 2.32. The van der Waals surface area contributed by atoms with Crippen LogP contribution in [-0.2, 0) is 4.79 Å². The molecule has 0 saturated heterocycles. The van der Waals surface area contributed by atoms with Crippen LogP contribution < -0.4 is 5.32 Å². The summed E-state index contributed by atoms with van der Waals surface area (Å²) in [6.07, 6.45) is 4.19. The van der Waals surface area contributed by atoms with E-state index in [4.69, 9.17) is 11.6 Å². The zero-order valence-electron chi connectivity index (χ0n) is 9.11. The van der Waals surface area contributed by atoms with Crippen molar-refractivity contribution in [3.8, 4) is 0 Å².